The minimum atomic E-state index is -0.796. The molecule has 0 spiro atoms. The summed E-state index contributed by atoms with van der Waals surface area (Å²) < 4.78 is 44.0. The van der Waals surface area contributed by atoms with E-state index in [1.165, 1.54) is 37.5 Å². The summed E-state index contributed by atoms with van der Waals surface area (Å²) in [5.74, 6) is -2.48. The molecule has 0 saturated heterocycles. The molecule has 7 heteroatoms. The van der Waals surface area contributed by atoms with Crippen molar-refractivity contribution >= 4 is 11.9 Å². The lowest BCUT2D eigenvalue weighted by atomic mass is 9.99. The SMILES string of the molecule is C=CC(=O)Oc1ccc(-c2ccc(-c3ccc(O/C=C\OC(=O)C(=C)C)cc3)cc2F)cc1F. The van der Waals surface area contributed by atoms with Crippen molar-refractivity contribution < 1.29 is 32.6 Å². The molecule has 0 amide bonds. The van der Waals surface area contributed by atoms with Crippen LogP contribution in [0.5, 0.6) is 11.5 Å². The maximum atomic E-state index is 14.8. The Labute approximate surface area is 195 Å². The summed E-state index contributed by atoms with van der Waals surface area (Å²) in [5.41, 5.74) is 2.09. The van der Waals surface area contributed by atoms with Crippen LogP contribution in [-0.4, -0.2) is 11.9 Å². The predicted octanol–water partition coefficient (Wildman–Crippen LogP) is 6.36. The van der Waals surface area contributed by atoms with Crippen molar-refractivity contribution in [2.24, 2.45) is 0 Å². The topological polar surface area (TPSA) is 61.8 Å². The molecule has 172 valence electrons. The zero-order valence-corrected chi connectivity index (χ0v) is 18.2. The first-order chi connectivity index (χ1) is 16.3. The molecular weight excluding hydrogens is 442 g/mol. The summed E-state index contributed by atoms with van der Waals surface area (Å²) in [6, 6.07) is 15.2. The van der Waals surface area contributed by atoms with E-state index in [4.69, 9.17) is 14.2 Å². The number of carbonyl (C=O) groups excluding carboxylic acids is 2. The molecule has 3 rings (SSSR count). The lowest BCUT2D eigenvalue weighted by Crippen LogP contribution is -2.04. The van der Waals surface area contributed by atoms with Gasteiger partial charge in [-0.2, -0.15) is 0 Å². The van der Waals surface area contributed by atoms with Crippen molar-refractivity contribution in [2.45, 2.75) is 6.92 Å². The van der Waals surface area contributed by atoms with E-state index >= 15 is 0 Å². The maximum Gasteiger partial charge on any atom is 0.338 e. The Morgan fingerprint density at radius 1 is 0.853 bits per heavy atom. The molecule has 0 aromatic heterocycles. The number of ether oxygens (including phenoxy) is 3. The molecule has 0 aliphatic rings. The molecular formula is C27H20F2O5. The lowest BCUT2D eigenvalue weighted by molar-refractivity contribution is -0.133. The third-order valence-corrected chi connectivity index (χ3v) is 4.56. The minimum absolute atomic E-state index is 0.193. The van der Waals surface area contributed by atoms with Crippen LogP contribution in [0.3, 0.4) is 0 Å². The second kappa shape index (κ2) is 10.9. The number of esters is 2. The standard InChI is InChI=1S/C27H20F2O5/c1-4-26(30)34-25-12-8-20(16-24(25)29)22-11-7-19(15-23(22)28)18-5-9-21(10-6-18)32-13-14-33-27(31)17(2)3/h4-16H,1-2H2,3H3/b14-13-. The van der Waals surface area contributed by atoms with E-state index in [1.807, 2.05) is 0 Å². The van der Waals surface area contributed by atoms with Crippen LogP contribution in [0.2, 0.25) is 0 Å². The third kappa shape index (κ3) is 6.04. The molecule has 0 heterocycles. The summed E-state index contributed by atoms with van der Waals surface area (Å²) in [5, 5.41) is 0. The summed E-state index contributed by atoms with van der Waals surface area (Å²) in [4.78, 5) is 22.5. The second-order valence-electron chi connectivity index (χ2n) is 7.07. The Morgan fingerprint density at radius 3 is 2.12 bits per heavy atom. The first kappa shape index (κ1) is 24.1. The number of rotatable bonds is 8. The number of benzene rings is 3. The van der Waals surface area contributed by atoms with Crippen molar-refractivity contribution in [3.05, 3.63) is 110 Å². The molecule has 0 bridgehead atoms. The summed E-state index contributed by atoms with van der Waals surface area (Å²) >= 11 is 0. The van der Waals surface area contributed by atoms with E-state index < -0.39 is 23.6 Å². The molecule has 0 radical (unpaired) electrons. The van der Waals surface area contributed by atoms with Gasteiger partial charge in [-0.05, 0) is 53.9 Å². The highest BCUT2D eigenvalue weighted by molar-refractivity contribution is 5.87. The monoisotopic (exact) mass is 462 g/mol. The van der Waals surface area contributed by atoms with E-state index in [0.29, 0.717) is 16.9 Å². The maximum absolute atomic E-state index is 14.8. The van der Waals surface area contributed by atoms with Gasteiger partial charge in [0.1, 0.15) is 24.1 Å². The predicted molar refractivity (Wildman–Crippen MR) is 124 cm³/mol. The van der Waals surface area contributed by atoms with Gasteiger partial charge in [0.25, 0.3) is 0 Å². The number of hydrogen-bond donors (Lipinski definition) is 0. The molecule has 0 saturated carbocycles. The van der Waals surface area contributed by atoms with Crippen LogP contribution in [0.15, 0.2) is 98.0 Å². The number of halogens is 2. The Hall–Kier alpha value is -4.52. The van der Waals surface area contributed by atoms with Crippen LogP contribution in [0.1, 0.15) is 6.92 Å². The average molecular weight is 462 g/mol. The summed E-state index contributed by atoms with van der Waals surface area (Å²) in [7, 11) is 0. The van der Waals surface area contributed by atoms with Gasteiger partial charge in [-0.15, -0.1) is 0 Å². The minimum Gasteiger partial charge on any atom is -0.462 e. The Kier molecular flexibility index (Phi) is 7.71. The highest BCUT2D eigenvalue weighted by Gasteiger charge is 2.12. The van der Waals surface area contributed by atoms with E-state index in [1.54, 1.807) is 30.3 Å². The largest absolute Gasteiger partial charge is 0.462 e. The van der Waals surface area contributed by atoms with Crippen LogP contribution < -0.4 is 9.47 Å². The van der Waals surface area contributed by atoms with Crippen LogP contribution in [0.4, 0.5) is 8.78 Å². The van der Waals surface area contributed by atoms with Crippen molar-refractivity contribution in [1.29, 1.82) is 0 Å². The van der Waals surface area contributed by atoms with Gasteiger partial charge in [-0.1, -0.05) is 43.5 Å². The molecule has 0 fully saturated rings. The van der Waals surface area contributed by atoms with Crippen molar-refractivity contribution in [3.63, 3.8) is 0 Å². The van der Waals surface area contributed by atoms with Crippen molar-refractivity contribution in [2.75, 3.05) is 0 Å². The average Bonchev–Trinajstić information content (AvgIpc) is 2.83. The molecule has 34 heavy (non-hydrogen) atoms. The molecule has 0 aliphatic heterocycles. The molecule has 0 atom stereocenters. The van der Waals surface area contributed by atoms with Crippen molar-refractivity contribution in [3.8, 4) is 33.8 Å². The lowest BCUT2D eigenvalue weighted by Gasteiger charge is -2.09. The molecule has 3 aromatic rings. The van der Waals surface area contributed by atoms with E-state index in [0.717, 1.165) is 24.0 Å². The first-order valence-corrected chi connectivity index (χ1v) is 10.0. The van der Waals surface area contributed by atoms with Gasteiger partial charge in [0.05, 0.1) is 0 Å². The molecule has 5 nitrogen and oxygen atoms in total. The highest BCUT2D eigenvalue weighted by Crippen LogP contribution is 2.31. The fourth-order valence-corrected chi connectivity index (χ4v) is 2.85. The van der Waals surface area contributed by atoms with Gasteiger partial charge in [-0.25, -0.2) is 18.4 Å². The van der Waals surface area contributed by atoms with Gasteiger partial charge in [0, 0.05) is 17.2 Å². The number of carbonyl (C=O) groups is 2. The molecule has 3 aromatic carbocycles. The highest BCUT2D eigenvalue weighted by atomic mass is 19.1. The quantitative estimate of drug-likeness (QED) is 0.169. The number of hydrogen-bond acceptors (Lipinski definition) is 5. The molecule has 0 aliphatic carbocycles. The van der Waals surface area contributed by atoms with Gasteiger partial charge in [0.15, 0.2) is 11.6 Å². The van der Waals surface area contributed by atoms with E-state index in [9.17, 15) is 18.4 Å². The second-order valence-corrected chi connectivity index (χ2v) is 7.07. The van der Waals surface area contributed by atoms with Crippen LogP contribution in [-0.2, 0) is 14.3 Å². The zero-order chi connectivity index (χ0) is 24.7. The Balaban J connectivity index is 1.71. The summed E-state index contributed by atoms with van der Waals surface area (Å²) in [6.45, 7) is 8.25. The van der Waals surface area contributed by atoms with Crippen molar-refractivity contribution in [1.82, 2.24) is 0 Å². The molecule has 0 N–H and O–H groups in total. The Morgan fingerprint density at radius 2 is 1.50 bits per heavy atom. The molecule has 0 unspecified atom stereocenters. The normalized spacial score (nSPS) is 10.6. The zero-order valence-electron chi connectivity index (χ0n) is 18.2. The first-order valence-electron chi connectivity index (χ1n) is 10.0. The fraction of sp³-hybridized carbons (Fsp3) is 0.0370. The third-order valence-electron chi connectivity index (χ3n) is 4.56. The Bertz CT molecular complexity index is 1280. The van der Waals surface area contributed by atoms with Gasteiger partial charge in [-0.3, -0.25) is 0 Å². The van der Waals surface area contributed by atoms with Crippen LogP contribution in [0, 0.1) is 11.6 Å². The van der Waals surface area contributed by atoms with E-state index in [2.05, 4.69) is 13.2 Å². The van der Waals surface area contributed by atoms with Gasteiger partial charge < -0.3 is 14.2 Å². The fourth-order valence-electron chi connectivity index (χ4n) is 2.85. The van der Waals surface area contributed by atoms with Gasteiger partial charge in [0.2, 0.25) is 0 Å². The van der Waals surface area contributed by atoms with Crippen LogP contribution in [0.25, 0.3) is 22.3 Å². The van der Waals surface area contributed by atoms with Gasteiger partial charge >= 0.3 is 11.9 Å². The smallest absolute Gasteiger partial charge is 0.338 e. The van der Waals surface area contributed by atoms with E-state index in [-0.39, 0.29) is 16.9 Å². The summed E-state index contributed by atoms with van der Waals surface area (Å²) in [6.07, 6.45) is 3.24. The van der Waals surface area contributed by atoms with Crippen LogP contribution >= 0.6 is 0 Å².